The van der Waals surface area contributed by atoms with Crippen molar-refractivity contribution in [2.45, 2.75) is 69.0 Å². The van der Waals surface area contributed by atoms with Gasteiger partial charge in [-0.25, -0.2) is 9.52 Å². The van der Waals surface area contributed by atoms with Crippen molar-refractivity contribution in [2.75, 3.05) is 19.4 Å². The molecule has 2 aromatic rings. The van der Waals surface area contributed by atoms with Gasteiger partial charge in [-0.3, -0.25) is 4.68 Å². The standard InChI is InChI=1S/C22H29N5O3S.Na/c1-26(2)13-17-12-20(24-27(17)16-9-10-16)31(29,30)25-22(28)23-21-18-7-3-5-14(18)11-15-6-4-8-19(15)21;/h11-12,16H,3-10,13H2,1-2H3,(H2,23,25,28);. The van der Waals surface area contributed by atoms with E-state index in [4.69, 9.17) is 0 Å². The fourth-order valence-corrected chi connectivity index (χ4v) is 5.78. The largest absolute Gasteiger partial charge is 0.333 e. The fraction of sp³-hybridized carbons (Fsp3) is 0.545. The monoisotopic (exact) mass is 466 g/mol. The molecule has 1 aromatic heterocycles. The zero-order valence-corrected chi connectivity index (χ0v) is 21.9. The number of sulfonamides is 1. The molecule has 1 saturated carbocycles. The molecule has 0 atom stereocenters. The van der Waals surface area contributed by atoms with Crippen molar-refractivity contribution in [3.63, 3.8) is 0 Å². The van der Waals surface area contributed by atoms with Crippen molar-refractivity contribution in [3.8, 4) is 0 Å². The Hall–Kier alpha value is -1.39. The predicted octanol–water partition coefficient (Wildman–Crippen LogP) is 2.39. The van der Waals surface area contributed by atoms with E-state index in [1.54, 1.807) is 10.7 Å². The maximum Gasteiger partial charge on any atom is 0.333 e. The minimum Gasteiger partial charge on any atom is -0.307 e. The van der Waals surface area contributed by atoms with Gasteiger partial charge >= 0.3 is 6.03 Å². The molecular weight excluding hydrogens is 437 g/mol. The van der Waals surface area contributed by atoms with Gasteiger partial charge in [0.1, 0.15) is 0 Å². The van der Waals surface area contributed by atoms with E-state index in [2.05, 4.69) is 21.2 Å². The Morgan fingerprint density at radius 1 is 1.09 bits per heavy atom. The van der Waals surface area contributed by atoms with E-state index in [1.807, 2.05) is 19.0 Å². The molecule has 167 valence electrons. The Bertz CT molecular complexity index is 1120. The minimum absolute atomic E-state index is 0. The Labute approximate surface area is 211 Å². The van der Waals surface area contributed by atoms with Crippen LogP contribution in [-0.4, -0.2) is 72.8 Å². The molecule has 0 unspecified atom stereocenters. The number of aromatic nitrogens is 2. The van der Waals surface area contributed by atoms with Gasteiger partial charge in [-0.05, 0) is 87.7 Å². The first-order chi connectivity index (χ1) is 14.8. The number of rotatable bonds is 6. The zero-order valence-electron chi connectivity index (χ0n) is 19.1. The van der Waals surface area contributed by atoms with Gasteiger partial charge in [-0.15, -0.1) is 0 Å². The molecule has 5 rings (SSSR count). The van der Waals surface area contributed by atoms with Gasteiger partial charge in [-0.2, -0.15) is 13.5 Å². The summed E-state index contributed by atoms with van der Waals surface area (Å²) in [5.41, 5.74) is 6.57. The first-order valence-electron chi connectivity index (χ1n) is 11.1. The number of nitrogens with one attached hydrogen (secondary N) is 2. The van der Waals surface area contributed by atoms with Gasteiger partial charge < -0.3 is 10.2 Å². The van der Waals surface area contributed by atoms with Crippen LogP contribution in [0.1, 0.15) is 59.7 Å². The number of hydrogen-bond acceptors (Lipinski definition) is 5. The van der Waals surface area contributed by atoms with Crippen LogP contribution < -0.4 is 10.0 Å². The van der Waals surface area contributed by atoms with Crippen LogP contribution in [0.3, 0.4) is 0 Å². The Morgan fingerprint density at radius 2 is 1.72 bits per heavy atom. The molecule has 1 heterocycles. The molecular formula is C22H29N5NaO3S. The Balaban J connectivity index is 0.00000245. The molecule has 0 saturated heterocycles. The molecule has 0 aliphatic heterocycles. The van der Waals surface area contributed by atoms with E-state index >= 15 is 0 Å². The molecule has 1 fully saturated rings. The normalized spacial score (nSPS) is 17.1. The van der Waals surface area contributed by atoms with Crippen molar-refractivity contribution < 1.29 is 13.2 Å². The average molecular weight is 467 g/mol. The number of fused-ring (bicyclic) bond motifs is 2. The molecule has 32 heavy (non-hydrogen) atoms. The molecule has 10 heteroatoms. The van der Waals surface area contributed by atoms with Crippen molar-refractivity contribution in [2.24, 2.45) is 0 Å². The fourth-order valence-electron chi connectivity index (χ4n) is 4.90. The van der Waals surface area contributed by atoms with Crippen LogP contribution in [0.15, 0.2) is 17.2 Å². The summed E-state index contributed by atoms with van der Waals surface area (Å²) in [6.45, 7) is 0.591. The van der Waals surface area contributed by atoms with Gasteiger partial charge in [0.05, 0.1) is 11.7 Å². The van der Waals surface area contributed by atoms with Gasteiger partial charge in [0, 0.05) is 47.9 Å². The molecule has 0 bridgehead atoms. The van der Waals surface area contributed by atoms with Gasteiger partial charge in [-0.1, -0.05) is 6.07 Å². The number of nitrogens with zero attached hydrogens (tertiary/aromatic N) is 3. The van der Waals surface area contributed by atoms with E-state index in [-0.39, 0.29) is 40.6 Å². The zero-order chi connectivity index (χ0) is 21.8. The summed E-state index contributed by atoms with van der Waals surface area (Å²) in [6, 6.07) is 3.39. The van der Waals surface area contributed by atoms with E-state index in [0.29, 0.717) is 6.54 Å². The second-order valence-corrected chi connectivity index (χ2v) is 10.8. The molecule has 2 amide bonds. The number of urea groups is 1. The van der Waals surface area contributed by atoms with E-state index < -0.39 is 16.1 Å². The third-order valence-electron chi connectivity index (χ3n) is 6.38. The summed E-state index contributed by atoms with van der Waals surface area (Å²) < 4.78 is 29.9. The Morgan fingerprint density at radius 3 is 2.28 bits per heavy atom. The number of amides is 2. The molecule has 1 aromatic carbocycles. The van der Waals surface area contributed by atoms with Crippen LogP contribution in [0.25, 0.3) is 0 Å². The smallest absolute Gasteiger partial charge is 0.307 e. The summed E-state index contributed by atoms with van der Waals surface area (Å²) in [5.74, 6) is 0. The number of benzene rings is 1. The minimum atomic E-state index is -4.06. The SMILES string of the molecule is CN(C)Cc1cc(S(=O)(=O)NC(=O)Nc2c3c(cc4c2CCC4)CCC3)nn1C1CC1.[Na]. The van der Waals surface area contributed by atoms with Crippen LogP contribution in [-0.2, 0) is 42.3 Å². The molecule has 8 nitrogen and oxygen atoms in total. The Kier molecular flexibility index (Phi) is 6.76. The van der Waals surface area contributed by atoms with Gasteiger partial charge in [0.2, 0.25) is 0 Å². The molecule has 3 aliphatic carbocycles. The first-order valence-corrected chi connectivity index (χ1v) is 12.5. The average Bonchev–Trinajstić information content (AvgIpc) is 3.08. The van der Waals surface area contributed by atoms with Crippen LogP contribution >= 0.6 is 0 Å². The molecule has 1 radical (unpaired) electrons. The van der Waals surface area contributed by atoms with E-state index in [9.17, 15) is 13.2 Å². The first kappa shape index (κ1) is 23.8. The van der Waals surface area contributed by atoms with Crippen LogP contribution in [0.4, 0.5) is 10.5 Å². The maximum atomic E-state index is 12.9. The summed E-state index contributed by atoms with van der Waals surface area (Å²) in [4.78, 5) is 14.7. The summed E-state index contributed by atoms with van der Waals surface area (Å²) in [7, 11) is -0.201. The van der Waals surface area contributed by atoms with E-state index in [0.717, 1.165) is 62.7 Å². The van der Waals surface area contributed by atoms with Crippen LogP contribution in [0.2, 0.25) is 0 Å². The summed E-state index contributed by atoms with van der Waals surface area (Å²) >= 11 is 0. The maximum absolute atomic E-state index is 12.9. The van der Waals surface area contributed by atoms with Crippen molar-refractivity contribution in [1.82, 2.24) is 19.4 Å². The van der Waals surface area contributed by atoms with Crippen molar-refractivity contribution in [1.29, 1.82) is 0 Å². The summed E-state index contributed by atoms with van der Waals surface area (Å²) in [6.07, 6.45) is 8.02. The van der Waals surface area contributed by atoms with Crippen LogP contribution in [0, 0.1) is 0 Å². The van der Waals surface area contributed by atoms with E-state index in [1.165, 1.54) is 22.3 Å². The van der Waals surface area contributed by atoms with Crippen molar-refractivity contribution in [3.05, 3.63) is 40.1 Å². The predicted molar refractivity (Wildman–Crippen MR) is 123 cm³/mol. The third-order valence-corrected chi connectivity index (χ3v) is 7.58. The van der Waals surface area contributed by atoms with Gasteiger partial charge in [0.15, 0.2) is 5.03 Å². The number of carbonyl (C=O) groups excluding carboxylic acids is 1. The molecule has 2 N–H and O–H groups in total. The molecule has 0 spiro atoms. The molecule has 3 aliphatic rings. The second-order valence-electron chi connectivity index (χ2n) is 9.18. The number of hydrogen-bond donors (Lipinski definition) is 2. The number of carbonyl (C=O) groups is 1. The number of anilines is 1. The second kappa shape index (κ2) is 9.10. The van der Waals surface area contributed by atoms with Gasteiger partial charge in [0.25, 0.3) is 10.0 Å². The van der Waals surface area contributed by atoms with Crippen molar-refractivity contribution >= 4 is 51.3 Å². The third kappa shape index (κ3) is 4.63. The topological polar surface area (TPSA) is 96.3 Å². The van der Waals surface area contributed by atoms with Crippen LogP contribution in [0.5, 0.6) is 0 Å². The summed E-state index contributed by atoms with van der Waals surface area (Å²) in [5, 5.41) is 7.12. The quantitative estimate of drug-likeness (QED) is 0.638. The number of aryl methyl sites for hydroxylation is 2.